The van der Waals surface area contributed by atoms with Gasteiger partial charge in [-0.2, -0.15) is 0 Å². The van der Waals surface area contributed by atoms with Gasteiger partial charge in [0.2, 0.25) is 5.91 Å². The molecule has 1 fully saturated rings. The van der Waals surface area contributed by atoms with Gasteiger partial charge in [-0.15, -0.1) is 0 Å². The van der Waals surface area contributed by atoms with E-state index in [1.807, 2.05) is 55.5 Å². The Morgan fingerprint density at radius 1 is 1.12 bits per heavy atom. The molecule has 1 amide bonds. The molecule has 0 radical (unpaired) electrons. The van der Waals surface area contributed by atoms with E-state index in [-0.39, 0.29) is 18.0 Å². The van der Waals surface area contributed by atoms with Gasteiger partial charge in [0.15, 0.2) is 0 Å². The largest absolute Gasteiger partial charge is 0.381 e. The van der Waals surface area contributed by atoms with Crippen LogP contribution in [0.1, 0.15) is 31.4 Å². The van der Waals surface area contributed by atoms with Crippen LogP contribution in [0.15, 0.2) is 60.7 Å². The summed E-state index contributed by atoms with van der Waals surface area (Å²) in [6.45, 7) is 3.57. The summed E-state index contributed by atoms with van der Waals surface area (Å²) in [5, 5.41) is 6.48. The van der Waals surface area contributed by atoms with Crippen molar-refractivity contribution in [2.75, 3.05) is 18.5 Å². The lowest BCUT2D eigenvalue weighted by atomic mass is 9.93. The summed E-state index contributed by atoms with van der Waals surface area (Å²) in [6.07, 6.45) is 2.07. The molecule has 2 N–H and O–H groups in total. The van der Waals surface area contributed by atoms with Crippen molar-refractivity contribution in [1.82, 2.24) is 5.32 Å². The first-order chi connectivity index (χ1) is 12.2. The molecule has 1 saturated heterocycles. The molecule has 0 spiro atoms. The molecule has 1 aliphatic rings. The number of carbonyl (C=O) groups is 1. The molecular weight excluding hydrogens is 312 g/mol. The molecule has 2 aromatic carbocycles. The highest BCUT2D eigenvalue weighted by atomic mass is 16.5. The van der Waals surface area contributed by atoms with Gasteiger partial charge in [0.05, 0.1) is 6.04 Å². The van der Waals surface area contributed by atoms with Gasteiger partial charge >= 0.3 is 0 Å². The van der Waals surface area contributed by atoms with Crippen molar-refractivity contribution < 1.29 is 9.53 Å². The Labute approximate surface area is 149 Å². The summed E-state index contributed by atoms with van der Waals surface area (Å²) in [5.74, 6) is 0.525. The van der Waals surface area contributed by atoms with Gasteiger partial charge in [-0.05, 0) is 43.4 Å². The monoisotopic (exact) mass is 338 g/mol. The van der Waals surface area contributed by atoms with E-state index < -0.39 is 0 Å². The summed E-state index contributed by atoms with van der Waals surface area (Å²) >= 11 is 0. The van der Waals surface area contributed by atoms with Crippen LogP contribution in [0.2, 0.25) is 0 Å². The Balaban J connectivity index is 1.65. The molecule has 3 rings (SSSR count). The zero-order valence-corrected chi connectivity index (χ0v) is 14.7. The van der Waals surface area contributed by atoms with Crippen LogP contribution in [-0.4, -0.2) is 25.2 Å². The van der Waals surface area contributed by atoms with Crippen molar-refractivity contribution in [2.45, 2.75) is 31.8 Å². The minimum atomic E-state index is -0.285. The molecule has 4 heteroatoms. The Morgan fingerprint density at radius 2 is 1.80 bits per heavy atom. The second kappa shape index (κ2) is 8.79. The zero-order valence-electron chi connectivity index (χ0n) is 14.7. The second-order valence-electron chi connectivity index (χ2n) is 6.67. The number of para-hydroxylation sites is 1. The van der Waals surface area contributed by atoms with E-state index in [0.29, 0.717) is 5.92 Å². The number of anilines is 1. The number of ether oxygens (including phenoxy) is 1. The van der Waals surface area contributed by atoms with Gasteiger partial charge in [-0.1, -0.05) is 48.5 Å². The second-order valence-corrected chi connectivity index (χ2v) is 6.67. The minimum Gasteiger partial charge on any atom is -0.381 e. The highest BCUT2D eigenvalue weighted by Crippen LogP contribution is 2.27. The van der Waals surface area contributed by atoms with Crippen LogP contribution in [0.3, 0.4) is 0 Å². The number of nitrogens with one attached hydrogen (secondary N) is 2. The van der Waals surface area contributed by atoms with Crippen molar-refractivity contribution in [1.29, 1.82) is 0 Å². The fraction of sp³-hybridized carbons (Fsp3) is 0.381. The van der Waals surface area contributed by atoms with Gasteiger partial charge in [0.1, 0.15) is 0 Å². The summed E-state index contributed by atoms with van der Waals surface area (Å²) in [5.41, 5.74) is 2.04. The quantitative estimate of drug-likeness (QED) is 0.808. The Kier molecular flexibility index (Phi) is 6.20. The van der Waals surface area contributed by atoms with Crippen LogP contribution < -0.4 is 10.6 Å². The van der Waals surface area contributed by atoms with E-state index in [1.165, 1.54) is 5.56 Å². The number of benzene rings is 2. The Bertz CT molecular complexity index is 654. The number of hydrogen-bond acceptors (Lipinski definition) is 3. The molecular formula is C21H26N2O2. The molecule has 1 heterocycles. The first-order valence-corrected chi connectivity index (χ1v) is 8.97. The first-order valence-electron chi connectivity index (χ1n) is 8.97. The molecule has 4 nitrogen and oxygen atoms in total. The molecule has 25 heavy (non-hydrogen) atoms. The molecule has 1 aliphatic heterocycles. The Hall–Kier alpha value is -2.17. The predicted molar refractivity (Wildman–Crippen MR) is 100 cm³/mol. The molecule has 3 unspecified atom stereocenters. The average molecular weight is 338 g/mol. The topological polar surface area (TPSA) is 50.4 Å². The van der Waals surface area contributed by atoms with Gasteiger partial charge in [0.25, 0.3) is 0 Å². The van der Waals surface area contributed by atoms with E-state index >= 15 is 0 Å². The smallest absolute Gasteiger partial charge is 0.241 e. The average Bonchev–Trinajstić information content (AvgIpc) is 3.16. The molecule has 0 bridgehead atoms. The summed E-state index contributed by atoms with van der Waals surface area (Å²) < 4.78 is 5.52. The van der Waals surface area contributed by atoms with Crippen LogP contribution in [0, 0.1) is 5.92 Å². The third-order valence-corrected chi connectivity index (χ3v) is 4.68. The SMILES string of the molecule is CC(NC(CC1CCOC1)c1ccccc1)C(=O)Nc1ccccc1. The van der Waals surface area contributed by atoms with Crippen LogP contribution in [-0.2, 0) is 9.53 Å². The molecule has 132 valence electrons. The van der Waals surface area contributed by atoms with Crippen LogP contribution in [0.5, 0.6) is 0 Å². The van der Waals surface area contributed by atoms with Gasteiger partial charge in [-0.25, -0.2) is 0 Å². The van der Waals surface area contributed by atoms with Crippen molar-refractivity contribution in [3.05, 3.63) is 66.2 Å². The molecule has 0 aromatic heterocycles. The fourth-order valence-corrected chi connectivity index (χ4v) is 3.24. The van der Waals surface area contributed by atoms with Crippen molar-refractivity contribution in [2.24, 2.45) is 5.92 Å². The fourth-order valence-electron chi connectivity index (χ4n) is 3.24. The standard InChI is InChI=1S/C21H26N2O2/c1-16(21(24)23-19-10-6-3-7-11-19)22-20(14-17-12-13-25-15-17)18-8-4-2-5-9-18/h2-11,16-17,20,22H,12-15H2,1H3,(H,23,24). The Morgan fingerprint density at radius 3 is 2.44 bits per heavy atom. The number of amides is 1. The van der Waals surface area contributed by atoms with Gasteiger partial charge in [0, 0.05) is 24.9 Å². The van der Waals surface area contributed by atoms with Gasteiger partial charge < -0.3 is 10.1 Å². The van der Waals surface area contributed by atoms with Crippen molar-refractivity contribution in [3.63, 3.8) is 0 Å². The summed E-state index contributed by atoms with van der Waals surface area (Å²) in [7, 11) is 0. The highest BCUT2D eigenvalue weighted by molar-refractivity contribution is 5.94. The predicted octanol–water partition coefficient (Wildman–Crippen LogP) is 3.77. The maximum absolute atomic E-state index is 12.5. The van der Waals surface area contributed by atoms with Crippen molar-refractivity contribution in [3.8, 4) is 0 Å². The lowest BCUT2D eigenvalue weighted by Gasteiger charge is -2.25. The van der Waals surface area contributed by atoms with E-state index in [9.17, 15) is 4.79 Å². The van der Waals surface area contributed by atoms with E-state index in [4.69, 9.17) is 4.74 Å². The maximum atomic E-state index is 12.5. The van der Waals surface area contributed by atoms with E-state index in [1.54, 1.807) is 0 Å². The molecule has 3 atom stereocenters. The minimum absolute atomic E-state index is 0.0187. The van der Waals surface area contributed by atoms with Crippen LogP contribution in [0.4, 0.5) is 5.69 Å². The highest BCUT2D eigenvalue weighted by Gasteiger charge is 2.24. The van der Waals surface area contributed by atoms with Crippen molar-refractivity contribution >= 4 is 11.6 Å². The lowest BCUT2D eigenvalue weighted by molar-refractivity contribution is -0.118. The summed E-state index contributed by atoms with van der Waals surface area (Å²) in [6, 6.07) is 19.8. The van der Waals surface area contributed by atoms with E-state index in [0.717, 1.165) is 31.7 Å². The first kappa shape index (κ1) is 17.6. The summed E-state index contributed by atoms with van der Waals surface area (Å²) in [4.78, 5) is 12.5. The third kappa shape index (κ3) is 5.15. The van der Waals surface area contributed by atoms with E-state index in [2.05, 4.69) is 22.8 Å². The number of rotatable bonds is 7. The van der Waals surface area contributed by atoms with Crippen LogP contribution >= 0.6 is 0 Å². The van der Waals surface area contributed by atoms with Gasteiger partial charge in [-0.3, -0.25) is 10.1 Å². The molecule has 0 aliphatic carbocycles. The number of carbonyl (C=O) groups excluding carboxylic acids is 1. The zero-order chi connectivity index (χ0) is 17.5. The molecule has 2 aromatic rings. The lowest BCUT2D eigenvalue weighted by Crippen LogP contribution is -2.40. The third-order valence-electron chi connectivity index (χ3n) is 4.68. The number of hydrogen-bond donors (Lipinski definition) is 2. The molecule has 0 saturated carbocycles. The normalized spacial score (nSPS) is 19.3. The maximum Gasteiger partial charge on any atom is 0.241 e. The van der Waals surface area contributed by atoms with Crippen LogP contribution in [0.25, 0.3) is 0 Å².